The molecule has 21 heavy (non-hydrogen) atoms. The number of carbonyl (C=O) groups excluding carboxylic acids is 1. The zero-order valence-electron chi connectivity index (χ0n) is 13.3. The van der Waals surface area contributed by atoms with E-state index in [1.807, 2.05) is 12.1 Å². The molecule has 0 radical (unpaired) electrons. The minimum absolute atomic E-state index is 0.0581. The van der Waals surface area contributed by atoms with E-state index in [0.717, 1.165) is 18.8 Å². The van der Waals surface area contributed by atoms with E-state index in [1.54, 1.807) is 6.26 Å². The van der Waals surface area contributed by atoms with Crippen LogP contribution in [0.4, 0.5) is 0 Å². The molecule has 0 spiro atoms. The Bertz CT molecular complexity index is 434. The molecule has 118 valence electrons. The fraction of sp³-hybridized carbons (Fsp3) is 0.688. The molecular formula is C16H26N2O3. The predicted molar refractivity (Wildman–Crippen MR) is 80.8 cm³/mol. The Morgan fingerprint density at radius 3 is 2.57 bits per heavy atom. The Morgan fingerprint density at radius 2 is 2.05 bits per heavy atom. The molecule has 0 saturated carbocycles. The van der Waals surface area contributed by atoms with Crippen LogP contribution in [0.1, 0.15) is 33.5 Å². The second-order valence-electron chi connectivity index (χ2n) is 6.20. The van der Waals surface area contributed by atoms with Crippen molar-refractivity contribution < 1.29 is 13.9 Å². The number of ether oxygens (including phenoxy) is 1. The second kappa shape index (κ2) is 7.09. The van der Waals surface area contributed by atoms with Gasteiger partial charge in [-0.3, -0.25) is 9.69 Å². The van der Waals surface area contributed by atoms with Crippen LogP contribution in [0, 0.1) is 5.92 Å². The summed E-state index contributed by atoms with van der Waals surface area (Å²) in [5.41, 5.74) is 0. The Morgan fingerprint density at radius 1 is 1.38 bits per heavy atom. The van der Waals surface area contributed by atoms with Crippen molar-refractivity contribution in [1.82, 2.24) is 10.2 Å². The predicted octanol–water partition coefficient (Wildman–Crippen LogP) is 2.03. The van der Waals surface area contributed by atoms with Gasteiger partial charge in [0, 0.05) is 13.1 Å². The number of hydrogen-bond acceptors (Lipinski definition) is 4. The number of furan rings is 1. The van der Waals surface area contributed by atoms with Crippen LogP contribution in [-0.4, -0.2) is 42.1 Å². The molecule has 1 fully saturated rings. The summed E-state index contributed by atoms with van der Waals surface area (Å²) in [5.74, 6) is 1.08. The van der Waals surface area contributed by atoms with Crippen LogP contribution in [0.25, 0.3) is 0 Å². The highest BCUT2D eigenvalue weighted by atomic mass is 16.5. The van der Waals surface area contributed by atoms with Gasteiger partial charge in [0.15, 0.2) is 0 Å². The molecule has 5 heteroatoms. The first kappa shape index (κ1) is 16.0. The molecule has 0 aliphatic carbocycles. The lowest BCUT2D eigenvalue weighted by molar-refractivity contribution is -0.135. The van der Waals surface area contributed by atoms with Crippen molar-refractivity contribution in [3.05, 3.63) is 24.2 Å². The Kier molecular flexibility index (Phi) is 5.42. The molecule has 1 N–H and O–H groups in total. The molecule has 1 aromatic rings. The molecular weight excluding hydrogens is 268 g/mol. The van der Waals surface area contributed by atoms with Gasteiger partial charge in [-0.1, -0.05) is 13.8 Å². The van der Waals surface area contributed by atoms with Gasteiger partial charge in [-0.05, 0) is 31.9 Å². The highest BCUT2D eigenvalue weighted by molar-refractivity contribution is 5.82. The smallest absolute Gasteiger partial charge is 0.238 e. The van der Waals surface area contributed by atoms with Gasteiger partial charge in [0.1, 0.15) is 5.76 Å². The van der Waals surface area contributed by atoms with Gasteiger partial charge in [0.25, 0.3) is 0 Å². The molecule has 5 nitrogen and oxygen atoms in total. The van der Waals surface area contributed by atoms with Crippen LogP contribution in [0.2, 0.25) is 0 Å². The highest BCUT2D eigenvalue weighted by Gasteiger charge is 2.33. The lowest BCUT2D eigenvalue weighted by atomic mass is 9.99. The average molecular weight is 294 g/mol. The molecule has 1 saturated heterocycles. The minimum Gasteiger partial charge on any atom is -0.467 e. The third-order valence-corrected chi connectivity index (χ3v) is 3.76. The highest BCUT2D eigenvalue weighted by Crippen LogP contribution is 2.18. The summed E-state index contributed by atoms with van der Waals surface area (Å²) in [7, 11) is 0. The Labute approximate surface area is 126 Å². The van der Waals surface area contributed by atoms with Gasteiger partial charge >= 0.3 is 0 Å². The lowest BCUT2D eigenvalue weighted by Crippen LogP contribution is -2.56. The number of morpholine rings is 1. The normalized spacial score (nSPS) is 25.0. The van der Waals surface area contributed by atoms with E-state index < -0.39 is 0 Å². The van der Waals surface area contributed by atoms with Gasteiger partial charge in [0.2, 0.25) is 5.91 Å². The zero-order valence-corrected chi connectivity index (χ0v) is 13.3. The first-order valence-corrected chi connectivity index (χ1v) is 7.67. The van der Waals surface area contributed by atoms with Gasteiger partial charge in [-0.25, -0.2) is 0 Å². The largest absolute Gasteiger partial charge is 0.467 e. The molecule has 2 heterocycles. The summed E-state index contributed by atoms with van der Waals surface area (Å²) in [6.07, 6.45) is 1.94. The van der Waals surface area contributed by atoms with Crippen molar-refractivity contribution in [2.24, 2.45) is 5.92 Å². The van der Waals surface area contributed by atoms with Crippen molar-refractivity contribution in [1.29, 1.82) is 0 Å². The van der Waals surface area contributed by atoms with Crippen LogP contribution in [0.3, 0.4) is 0 Å². The van der Waals surface area contributed by atoms with E-state index in [0.29, 0.717) is 6.54 Å². The first-order valence-electron chi connectivity index (χ1n) is 7.67. The molecule has 2 rings (SSSR count). The number of carbonyl (C=O) groups is 1. The van der Waals surface area contributed by atoms with Crippen LogP contribution in [0.5, 0.6) is 0 Å². The number of rotatable bonds is 5. The summed E-state index contributed by atoms with van der Waals surface area (Å²) < 4.78 is 11.0. The van der Waals surface area contributed by atoms with Gasteiger partial charge < -0.3 is 14.5 Å². The first-order chi connectivity index (χ1) is 9.97. The third-order valence-electron chi connectivity index (χ3n) is 3.76. The van der Waals surface area contributed by atoms with E-state index in [1.165, 1.54) is 0 Å². The molecule has 0 aromatic carbocycles. The van der Waals surface area contributed by atoms with E-state index in [-0.39, 0.29) is 30.1 Å². The van der Waals surface area contributed by atoms with E-state index >= 15 is 0 Å². The van der Waals surface area contributed by atoms with Crippen LogP contribution in [0.15, 0.2) is 22.8 Å². The van der Waals surface area contributed by atoms with Crippen molar-refractivity contribution in [3.63, 3.8) is 0 Å². The fourth-order valence-corrected chi connectivity index (χ4v) is 3.03. The van der Waals surface area contributed by atoms with Gasteiger partial charge in [0.05, 0.1) is 31.1 Å². The van der Waals surface area contributed by atoms with Crippen molar-refractivity contribution in [2.75, 3.05) is 13.1 Å². The summed E-state index contributed by atoms with van der Waals surface area (Å²) in [5, 5.41) is 2.98. The SMILES string of the molecule is CC(C)[C@@H](C(=O)NCc1ccco1)N1C[C@@H](C)O[C@@H](C)C1. The number of nitrogens with one attached hydrogen (secondary N) is 1. The fourth-order valence-electron chi connectivity index (χ4n) is 3.03. The molecule has 1 amide bonds. The number of hydrogen-bond donors (Lipinski definition) is 1. The maximum Gasteiger partial charge on any atom is 0.238 e. The van der Waals surface area contributed by atoms with Crippen molar-refractivity contribution >= 4 is 5.91 Å². The van der Waals surface area contributed by atoms with E-state index in [2.05, 4.69) is 37.9 Å². The van der Waals surface area contributed by atoms with E-state index in [4.69, 9.17) is 9.15 Å². The molecule has 1 aliphatic rings. The topological polar surface area (TPSA) is 54.7 Å². The average Bonchev–Trinajstić information content (AvgIpc) is 2.87. The standard InChI is InChI=1S/C16H26N2O3/c1-11(2)15(18-9-12(3)21-13(4)10-18)16(19)17-8-14-6-5-7-20-14/h5-7,11-13,15H,8-10H2,1-4H3,(H,17,19)/t12-,13+,15-/m0/s1. The second-order valence-corrected chi connectivity index (χ2v) is 6.20. The lowest BCUT2D eigenvalue weighted by Gasteiger charge is -2.40. The van der Waals surface area contributed by atoms with Crippen LogP contribution >= 0.6 is 0 Å². The number of amides is 1. The van der Waals surface area contributed by atoms with Gasteiger partial charge in [-0.2, -0.15) is 0 Å². The number of nitrogens with zero attached hydrogens (tertiary/aromatic N) is 1. The summed E-state index contributed by atoms with van der Waals surface area (Å²) in [6, 6.07) is 3.56. The van der Waals surface area contributed by atoms with Crippen molar-refractivity contribution in [2.45, 2.75) is 52.5 Å². The molecule has 0 unspecified atom stereocenters. The minimum atomic E-state index is -0.131. The summed E-state index contributed by atoms with van der Waals surface area (Å²) >= 11 is 0. The third kappa shape index (κ3) is 4.32. The molecule has 1 aromatic heterocycles. The quantitative estimate of drug-likeness (QED) is 0.903. The molecule has 3 atom stereocenters. The summed E-state index contributed by atoms with van der Waals surface area (Å²) in [6.45, 7) is 10.3. The zero-order chi connectivity index (χ0) is 15.4. The van der Waals surface area contributed by atoms with E-state index in [9.17, 15) is 4.79 Å². The maximum atomic E-state index is 12.6. The van der Waals surface area contributed by atoms with Gasteiger partial charge in [-0.15, -0.1) is 0 Å². The maximum absolute atomic E-state index is 12.6. The Balaban J connectivity index is 1.98. The molecule has 1 aliphatic heterocycles. The monoisotopic (exact) mass is 294 g/mol. The summed E-state index contributed by atoms with van der Waals surface area (Å²) in [4.78, 5) is 14.8. The molecule has 0 bridgehead atoms. The van der Waals surface area contributed by atoms with Crippen LogP contribution < -0.4 is 5.32 Å². The van der Waals surface area contributed by atoms with Crippen LogP contribution in [-0.2, 0) is 16.1 Å². The van der Waals surface area contributed by atoms with Crippen molar-refractivity contribution in [3.8, 4) is 0 Å². The Hall–Kier alpha value is -1.33.